The highest BCUT2D eigenvalue weighted by Gasteiger charge is 2.39. The van der Waals surface area contributed by atoms with Gasteiger partial charge in [0.1, 0.15) is 6.10 Å². The van der Waals surface area contributed by atoms with Gasteiger partial charge >= 0.3 is 0 Å². The molecule has 1 heterocycles. The van der Waals surface area contributed by atoms with Crippen LogP contribution in [0.25, 0.3) is 0 Å². The fourth-order valence-electron chi connectivity index (χ4n) is 1.50. The zero-order valence-electron chi connectivity index (χ0n) is 7.34. The molecule has 12 heavy (non-hydrogen) atoms. The smallest absolute Gasteiger partial charge is 0.181 e. The van der Waals surface area contributed by atoms with Gasteiger partial charge in [-0.2, -0.15) is 0 Å². The van der Waals surface area contributed by atoms with Crippen molar-refractivity contribution in [3.63, 3.8) is 0 Å². The lowest BCUT2D eigenvalue weighted by Gasteiger charge is -2.39. The average molecular weight is 176 g/mol. The van der Waals surface area contributed by atoms with Gasteiger partial charge in [0, 0.05) is 0 Å². The second kappa shape index (κ2) is 3.70. The van der Waals surface area contributed by atoms with Gasteiger partial charge in [-0.15, -0.1) is 0 Å². The summed E-state index contributed by atoms with van der Waals surface area (Å²) in [6.07, 6.45) is -2.37. The summed E-state index contributed by atoms with van der Waals surface area (Å²) in [6.45, 7) is 3.61. The molecular formula is C8H16O4. The SMILES string of the molecule is CC1C(CO)OC(O)C(O)C1C. The summed E-state index contributed by atoms with van der Waals surface area (Å²) in [7, 11) is 0. The fourth-order valence-corrected chi connectivity index (χ4v) is 1.50. The molecule has 4 nitrogen and oxygen atoms in total. The molecule has 0 aromatic rings. The van der Waals surface area contributed by atoms with E-state index in [1.54, 1.807) is 0 Å². The molecule has 0 amide bonds. The standard InChI is InChI=1S/C8H16O4/c1-4-5(2)7(10)8(11)12-6(4)3-9/h4-11H,3H2,1-2H3. The third-order valence-electron chi connectivity index (χ3n) is 2.74. The number of hydrogen-bond acceptors (Lipinski definition) is 4. The molecule has 4 heteroatoms. The first kappa shape index (κ1) is 9.92. The van der Waals surface area contributed by atoms with Crippen molar-refractivity contribution >= 4 is 0 Å². The number of aliphatic hydroxyl groups excluding tert-OH is 3. The summed E-state index contributed by atoms with van der Waals surface area (Å²) in [5.41, 5.74) is 0. The molecule has 1 aliphatic rings. The monoisotopic (exact) mass is 176 g/mol. The Morgan fingerprint density at radius 2 is 1.75 bits per heavy atom. The lowest BCUT2D eigenvalue weighted by Crippen LogP contribution is -2.50. The first-order valence-corrected chi connectivity index (χ1v) is 4.20. The van der Waals surface area contributed by atoms with Crippen molar-refractivity contribution < 1.29 is 20.1 Å². The van der Waals surface area contributed by atoms with Gasteiger partial charge in [0.15, 0.2) is 6.29 Å². The number of ether oxygens (including phenoxy) is 1. The van der Waals surface area contributed by atoms with E-state index in [0.717, 1.165) is 0 Å². The van der Waals surface area contributed by atoms with Gasteiger partial charge in [-0.05, 0) is 11.8 Å². The molecule has 0 bridgehead atoms. The van der Waals surface area contributed by atoms with E-state index in [1.807, 2.05) is 13.8 Å². The van der Waals surface area contributed by atoms with Crippen LogP contribution < -0.4 is 0 Å². The zero-order valence-corrected chi connectivity index (χ0v) is 7.34. The minimum Gasteiger partial charge on any atom is -0.394 e. The maximum Gasteiger partial charge on any atom is 0.181 e. The second-order valence-electron chi connectivity index (χ2n) is 3.46. The van der Waals surface area contributed by atoms with E-state index in [9.17, 15) is 10.2 Å². The van der Waals surface area contributed by atoms with Gasteiger partial charge < -0.3 is 20.1 Å². The highest BCUT2D eigenvalue weighted by atomic mass is 16.6. The Bertz CT molecular complexity index is 145. The van der Waals surface area contributed by atoms with Crippen molar-refractivity contribution in [2.45, 2.75) is 32.3 Å². The molecule has 0 radical (unpaired) electrons. The lowest BCUT2D eigenvalue weighted by atomic mass is 9.84. The Kier molecular flexibility index (Phi) is 3.06. The van der Waals surface area contributed by atoms with E-state index in [4.69, 9.17) is 9.84 Å². The molecule has 1 aliphatic heterocycles. The topological polar surface area (TPSA) is 69.9 Å². The van der Waals surface area contributed by atoms with Gasteiger partial charge in [0.2, 0.25) is 0 Å². The van der Waals surface area contributed by atoms with Crippen LogP contribution in [-0.4, -0.2) is 40.4 Å². The molecule has 1 fully saturated rings. The van der Waals surface area contributed by atoms with Crippen molar-refractivity contribution in [1.82, 2.24) is 0 Å². The molecule has 0 aliphatic carbocycles. The highest BCUT2D eigenvalue weighted by molar-refractivity contribution is 4.83. The van der Waals surface area contributed by atoms with E-state index >= 15 is 0 Å². The molecule has 0 saturated carbocycles. The Morgan fingerprint density at radius 1 is 1.17 bits per heavy atom. The minimum atomic E-state index is -1.16. The largest absolute Gasteiger partial charge is 0.394 e. The fraction of sp³-hybridized carbons (Fsp3) is 1.00. The predicted octanol–water partition coefficient (Wildman–Crippen LogP) is -0.671. The molecule has 0 spiro atoms. The van der Waals surface area contributed by atoms with Crippen LogP contribution in [0.5, 0.6) is 0 Å². The van der Waals surface area contributed by atoms with E-state index in [1.165, 1.54) is 0 Å². The summed E-state index contributed by atoms with van der Waals surface area (Å²) in [5.74, 6) is 0.0132. The van der Waals surface area contributed by atoms with Gasteiger partial charge in [0.05, 0.1) is 12.7 Å². The van der Waals surface area contributed by atoms with E-state index < -0.39 is 12.4 Å². The number of aliphatic hydroxyl groups is 3. The van der Waals surface area contributed by atoms with Crippen LogP contribution in [0.2, 0.25) is 0 Å². The van der Waals surface area contributed by atoms with Gasteiger partial charge in [-0.1, -0.05) is 13.8 Å². The number of hydrogen-bond donors (Lipinski definition) is 3. The Morgan fingerprint density at radius 3 is 2.25 bits per heavy atom. The Hall–Kier alpha value is -0.160. The molecule has 1 rings (SSSR count). The third-order valence-corrected chi connectivity index (χ3v) is 2.74. The maximum absolute atomic E-state index is 9.37. The molecule has 0 aromatic heterocycles. The summed E-state index contributed by atoms with van der Waals surface area (Å²) in [6, 6.07) is 0. The first-order chi connectivity index (χ1) is 5.57. The quantitative estimate of drug-likeness (QED) is 0.495. The lowest BCUT2D eigenvalue weighted by molar-refractivity contribution is -0.255. The highest BCUT2D eigenvalue weighted by Crippen LogP contribution is 2.29. The maximum atomic E-state index is 9.37. The molecule has 0 aromatic carbocycles. The molecule has 72 valence electrons. The van der Waals surface area contributed by atoms with Crippen molar-refractivity contribution in [3.8, 4) is 0 Å². The van der Waals surface area contributed by atoms with Crippen molar-refractivity contribution in [1.29, 1.82) is 0 Å². The van der Waals surface area contributed by atoms with Crippen LogP contribution in [0.4, 0.5) is 0 Å². The van der Waals surface area contributed by atoms with Crippen LogP contribution in [0, 0.1) is 11.8 Å². The average Bonchev–Trinajstić information content (AvgIpc) is 2.08. The van der Waals surface area contributed by atoms with E-state index in [0.29, 0.717) is 0 Å². The van der Waals surface area contributed by atoms with Crippen LogP contribution in [0.1, 0.15) is 13.8 Å². The molecule has 5 atom stereocenters. The van der Waals surface area contributed by atoms with Crippen molar-refractivity contribution in [3.05, 3.63) is 0 Å². The second-order valence-corrected chi connectivity index (χ2v) is 3.46. The minimum absolute atomic E-state index is 0.0501. The molecule has 1 saturated heterocycles. The van der Waals surface area contributed by atoms with E-state index in [2.05, 4.69) is 0 Å². The Balaban J connectivity index is 2.63. The van der Waals surface area contributed by atoms with Gasteiger partial charge in [-0.25, -0.2) is 0 Å². The summed E-state index contributed by atoms with van der Waals surface area (Å²) in [4.78, 5) is 0. The van der Waals surface area contributed by atoms with Crippen LogP contribution in [0.3, 0.4) is 0 Å². The summed E-state index contributed by atoms with van der Waals surface area (Å²) >= 11 is 0. The third kappa shape index (κ3) is 1.61. The van der Waals surface area contributed by atoms with E-state index in [-0.39, 0.29) is 24.5 Å². The van der Waals surface area contributed by atoms with Crippen LogP contribution in [0.15, 0.2) is 0 Å². The predicted molar refractivity (Wildman–Crippen MR) is 42.3 cm³/mol. The van der Waals surface area contributed by atoms with Crippen LogP contribution in [-0.2, 0) is 4.74 Å². The summed E-state index contributed by atoms with van der Waals surface area (Å²) in [5, 5.41) is 27.4. The molecule has 3 N–H and O–H groups in total. The Labute approximate surface area is 71.8 Å². The summed E-state index contributed by atoms with van der Waals surface area (Å²) < 4.78 is 4.99. The molecular weight excluding hydrogens is 160 g/mol. The molecule has 5 unspecified atom stereocenters. The van der Waals surface area contributed by atoms with Crippen LogP contribution >= 0.6 is 0 Å². The normalized spacial score (nSPS) is 49.2. The van der Waals surface area contributed by atoms with Gasteiger partial charge in [0.25, 0.3) is 0 Å². The van der Waals surface area contributed by atoms with Crippen molar-refractivity contribution in [2.24, 2.45) is 11.8 Å². The zero-order chi connectivity index (χ0) is 9.30. The van der Waals surface area contributed by atoms with Gasteiger partial charge in [-0.3, -0.25) is 0 Å². The number of rotatable bonds is 1. The first-order valence-electron chi connectivity index (χ1n) is 4.20. The van der Waals surface area contributed by atoms with Crippen molar-refractivity contribution in [2.75, 3.05) is 6.61 Å².